The lowest BCUT2D eigenvalue weighted by Gasteiger charge is -2.39. The molecule has 48 heavy (non-hydrogen) atoms. The summed E-state index contributed by atoms with van der Waals surface area (Å²) in [4.78, 5) is 43.0. The van der Waals surface area contributed by atoms with Crippen molar-refractivity contribution in [3.63, 3.8) is 0 Å². The minimum absolute atomic E-state index is 0.118. The molecule has 13 heteroatoms. The van der Waals surface area contributed by atoms with Crippen LogP contribution in [0.4, 0.5) is 10.5 Å². The first-order chi connectivity index (χ1) is 23.2. The molecule has 0 spiro atoms. The number of piperidine rings is 2. The number of ether oxygens (including phenoxy) is 1. The number of para-hydroxylation sites is 1. The fraction of sp³-hybridized carbons (Fsp3) is 0.571. The number of aromatic hydroxyl groups is 1. The van der Waals surface area contributed by atoms with Gasteiger partial charge in [0.25, 0.3) is 0 Å². The highest BCUT2D eigenvalue weighted by Gasteiger charge is 2.28. The van der Waals surface area contributed by atoms with Crippen molar-refractivity contribution in [1.29, 1.82) is 0 Å². The lowest BCUT2D eigenvalue weighted by molar-refractivity contribution is -0.121. The van der Waals surface area contributed by atoms with E-state index in [0.29, 0.717) is 35.0 Å². The summed E-state index contributed by atoms with van der Waals surface area (Å²) in [6, 6.07) is 12.6. The standard InChI is InChI=1S/C25H31Br2N3O4.C10H19N3O/c1-17(13-18-14-21(26)24(32)22(27)15-18)34-25(33)29-11-8-20(9-12-29)30(16-31)10-7-19-5-3-4-6-23(19)28-2;14-9-12-5-7-13(8-6-12)10-1-3-11-4-2-10/h3-6,14-17,20,28,32H,7-13H2,1-2H3;9-11H,1-8H2/t17-;/m0./s1. The summed E-state index contributed by atoms with van der Waals surface area (Å²) in [6.07, 6.45) is 6.56. The molecule has 1 atom stereocenters. The minimum atomic E-state index is -0.330. The summed E-state index contributed by atoms with van der Waals surface area (Å²) in [6.45, 7) is 9.86. The molecule has 264 valence electrons. The van der Waals surface area contributed by atoms with Crippen molar-refractivity contribution in [3.8, 4) is 5.75 Å². The zero-order valence-electron chi connectivity index (χ0n) is 28.1. The number of halogens is 2. The number of likely N-dealkylation sites (tertiary alicyclic amines) is 1. The van der Waals surface area contributed by atoms with Crippen LogP contribution >= 0.6 is 31.9 Å². The number of benzene rings is 2. The molecule has 3 aliphatic rings. The van der Waals surface area contributed by atoms with Gasteiger partial charge in [0.15, 0.2) is 0 Å². The minimum Gasteiger partial charge on any atom is -0.506 e. The first kappa shape index (κ1) is 37.9. The smallest absolute Gasteiger partial charge is 0.410 e. The van der Waals surface area contributed by atoms with Crippen molar-refractivity contribution in [2.24, 2.45) is 0 Å². The second-order valence-electron chi connectivity index (χ2n) is 12.7. The molecular weight excluding hydrogens is 744 g/mol. The van der Waals surface area contributed by atoms with E-state index in [1.54, 1.807) is 4.90 Å². The number of piperazine rings is 1. The van der Waals surface area contributed by atoms with Gasteiger partial charge < -0.3 is 35.2 Å². The van der Waals surface area contributed by atoms with Crippen LogP contribution in [-0.4, -0.2) is 128 Å². The van der Waals surface area contributed by atoms with Gasteiger partial charge in [0.1, 0.15) is 11.9 Å². The maximum Gasteiger partial charge on any atom is 0.410 e. The van der Waals surface area contributed by atoms with Gasteiger partial charge in [-0.1, -0.05) is 18.2 Å². The van der Waals surface area contributed by atoms with Crippen molar-refractivity contribution in [2.45, 2.75) is 63.6 Å². The van der Waals surface area contributed by atoms with E-state index in [4.69, 9.17) is 4.74 Å². The van der Waals surface area contributed by atoms with Crippen molar-refractivity contribution >= 4 is 56.5 Å². The molecule has 2 aromatic rings. The lowest BCUT2D eigenvalue weighted by atomic mass is 10.0. The van der Waals surface area contributed by atoms with Crippen LogP contribution in [0, 0.1) is 0 Å². The summed E-state index contributed by atoms with van der Waals surface area (Å²) in [7, 11) is 1.90. The van der Waals surface area contributed by atoms with Crippen molar-refractivity contribution in [3.05, 3.63) is 56.5 Å². The predicted molar refractivity (Wildman–Crippen MR) is 195 cm³/mol. The second-order valence-corrected chi connectivity index (χ2v) is 14.4. The highest BCUT2D eigenvalue weighted by Crippen LogP contribution is 2.34. The molecular formula is C35H50Br2N6O5. The van der Waals surface area contributed by atoms with Gasteiger partial charge in [-0.2, -0.15) is 0 Å². The van der Waals surface area contributed by atoms with E-state index < -0.39 is 0 Å². The van der Waals surface area contributed by atoms with Crippen LogP contribution in [0.1, 0.15) is 43.7 Å². The Labute approximate surface area is 301 Å². The predicted octanol–water partition coefficient (Wildman–Crippen LogP) is 4.70. The third-order valence-corrected chi connectivity index (χ3v) is 10.7. The molecule has 2 aromatic carbocycles. The number of amides is 3. The number of phenols is 1. The zero-order valence-corrected chi connectivity index (χ0v) is 31.3. The van der Waals surface area contributed by atoms with Crippen LogP contribution in [0.25, 0.3) is 0 Å². The van der Waals surface area contributed by atoms with Gasteiger partial charge in [-0.15, -0.1) is 0 Å². The lowest BCUT2D eigenvalue weighted by Crippen LogP contribution is -2.52. The third kappa shape index (κ3) is 11.1. The van der Waals surface area contributed by atoms with Gasteiger partial charge >= 0.3 is 6.09 Å². The fourth-order valence-electron chi connectivity index (χ4n) is 6.67. The molecule has 3 aliphatic heterocycles. The van der Waals surface area contributed by atoms with Gasteiger partial charge in [0.2, 0.25) is 12.8 Å². The Hall–Kier alpha value is -2.87. The van der Waals surface area contributed by atoms with Gasteiger partial charge in [0.05, 0.1) is 8.95 Å². The Bertz CT molecular complexity index is 1310. The maximum atomic E-state index is 12.7. The highest BCUT2D eigenvalue weighted by atomic mass is 79.9. The number of anilines is 1. The third-order valence-electron chi connectivity index (χ3n) is 9.48. The van der Waals surface area contributed by atoms with E-state index >= 15 is 0 Å². The molecule has 11 nitrogen and oxygen atoms in total. The molecule has 0 bridgehead atoms. The van der Waals surface area contributed by atoms with E-state index in [2.05, 4.69) is 53.5 Å². The van der Waals surface area contributed by atoms with Crippen molar-refractivity contribution in [1.82, 2.24) is 24.9 Å². The van der Waals surface area contributed by atoms with Crippen LogP contribution in [-0.2, 0) is 27.2 Å². The van der Waals surface area contributed by atoms with E-state index in [1.807, 2.05) is 54.1 Å². The fourth-order valence-corrected chi connectivity index (χ4v) is 7.95. The average molecular weight is 795 g/mol. The molecule has 0 aromatic heterocycles. The number of carbonyl (C=O) groups is 3. The van der Waals surface area contributed by atoms with Crippen LogP contribution < -0.4 is 10.6 Å². The van der Waals surface area contributed by atoms with Gasteiger partial charge in [0, 0.05) is 77.1 Å². The summed E-state index contributed by atoms with van der Waals surface area (Å²) in [5.74, 6) is 0.145. The van der Waals surface area contributed by atoms with Crippen LogP contribution in [0.3, 0.4) is 0 Å². The zero-order chi connectivity index (χ0) is 34.5. The Morgan fingerprint density at radius 2 is 1.69 bits per heavy atom. The molecule has 3 amide bonds. The molecule has 5 rings (SSSR count). The molecule has 3 N–H and O–H groups in total. The second kappa shape index (κ2) is 19.4. The van der Waals surface area contributed by atoms with Crippen molar-refractivity contribution in [2.75, 3.05) is 71.3 Å². The number of nitrogens with one attached hydrogen (secondary N) is 2. The topological polar surface area (TPSA) is 118 Å². The molecule has 0 unspecified atom stereocenters. The van der Waals surface area contributed by atoms with Crippen molar-refractivity contribution < 1.29 is 24.2 Å². The monoisotopic (exact) mass is 792 g/mol. The quantitative estimate of drug-likeness (QED) is 0.281. The van der Waals surface area contributed by atoms with E-state index in [-0.39, 0.29) is 24.0 Å². The van der Waals surface area contributed by atoms with Crippen LogP contribution in [0.15, 0.2) is 45.3 Å². The molecule has 0 aliphatic carbocycles. The SMILES string of the molecule is CNc1ccccc1CCN(C=O)C1CCN(C(=O)O[C@@H](C)Cc2cc(Br)c(O)c(Br)c2)CC1.O=CN1CCN(C2CCNCC2)CC1. The number of phenolic OH excluding ortho intramolecular Hbond substituents is 1. The van der Waals surface area contributed by atoms with Gasteiger partial charge in [-0.05, 0) is 113 Å². The Balaban J connectivity index is 0.000000307. The maximum absolute atomic E-state index is 12.7. The number of hydrogen-bond donors (Lipinski definition) is 3. The number of carbonyl (C=O) groups excluding carboxylic acids is 3. The summed E-state index contributed by atoms with van der Waals surface area (Å²) < 4.78 is 6.84. The largest absolute Gasteiger partial charge is 0.506 e. The Morgan fingerprint density at radius 1 is 1.04 bits per heavy atom. The molecule has 0 radical (unpaired) electrons. The van der Waals surface area contributed by atoms with E-state index in [0.717, 1.165) is 88.6 Å². The van der Waals surface area contributed by atoms with Crippen LogP contribution in [0.5, 0.6) is 5.75 Å². The van der Waals surface area contributed by atoms with Crippen LogP contribution in [0.2, 0.25) is 0 Å². The number of nitrogens with zero attached hydrogens (tertiary/aromatic N) is 4. The first-order valence-electron chi connectivity index (χ1n) is 17.0. The number of rotatable bonds is 11. The van der Waals surface area contributed by atoms with Gasteiger partial charge in [-0.25, -0.2) is 4.79 Å². The summed E-state index contributed by atoms with van der Waals surface area (Å²) in [5, 5.41) is 16.4. The summed E-state index contributed by atoms with van der Waals surface area (Å²) in [5.41, 5.74) is 3.20. The molecule has 3 saturated heterocycles. The number of hydrogen-bond acceptors (Lipinski definition) is 8. The molecule has 3 fully saturated rings. The Kier molecular flexibility index (Phi) is 15.3. The first-order valence-corrected chi connectivity index (χ1v) is 18.5. The molecule has 0 saturated carbocycles. The normalized spacial score (nSPS) is 18.3. The molecule has 3 heterocycles. The highest BCUT2D eigenvalue weighted by molar-refractivity contribution is 9.11. The van der Waals surface area contributed by atoms with E-state index in [1.165, 1.54) is 18.4 Å². The summed E-state index contributed by atoms with van der Waals surface area (Å²) >= 11 is 6.65. The van der Waals surface area contributed by atoms with E-state index in [9.17, 15) is 19.5 Å². The average Bonchev–Trinajstić information content (AvgIpc) is 3.12. The Morgan fingerprint density at radius 3 is 2.29 bits per heavy atom. The van der Waals surface area contributed by atoms with Gasteiger partial charge in [-0.3, -0.25) is 14.5 Å².